The number of guanidine groups is 1. The van der Waals surface area contributed by atoms with Crippen molar-refractivity contribution in [2.75, 3.05) is 18.5 Å². The molecule has 2 aliphatic heterocycles. The first-order valence-electron chi connectivity index (χ1n) is 8.65. The van der Waals surface area contributed by atoms with Gasteiger partial charge in [0.25, 0.3) is 5.56 Å². The van der Waals surface area contributed by atoms with Gasteiger partial charge in [-0.05, 0) is 37.5 Å². The van der Waals surface area contributed by atoms with Crippen LogP contribution in [0.3, 0.4) is 0 Å². The van der Waals surface area contributed by atoms with Crippen molar-refractivity contribution in [1.29, 1.82) is 0 Å². The molecule has 2 aromatic rings. The van der Waals surface area contributed by atoms with Gasteiger partial charge in [-0.2, -0.15) is 0 Å². The Morgan fingerprint density at radius 3 is 2.92 bits per heavy atom. The molecule has 0 aliphatic carbocycles. The predicted molar refractivity (Wildman–Crippen MR) is 101 cm³/mol. The van der Waals surface area contributed by atoms with Crippen molar-refractivity contribution < 1.29 is 4.74 Å². The number of anilines is 1. The van der Waals surface area contributed by atoms with E-state index in [0.717, 1.165) is 25.0 Å². The molecule has 8 heteroatoms. The van der Waals surface area contributed by atoms with Gasteiger partial charge in [0, 0.05) is 23.4 Å². The third kappa shape index (κ3) is 3.45. The molecular formula is C18H20ClN5O2. The summed E-state index contributed by atoms with van der Waals surface area (Å²) in [6.07, 6.45) is 1.83. The molecule has 0 saturated carbocycles. The lowest BCUT2D eigenvalue weighted by Gasteiger charge is -2.31. The van der Waals surface area contributed by atoms with Crippen molar-refractivity contribution in [2.45, 2.75) is 32.0 Å². The van der Waals surface area contributed by atoms with Crippen LogP contribution in [0.15, 0.2) is 40.1 Å². The molecule has 1 aromatic carbocycles. The third-order valence-electron chi connectivity index (χ3n) is 4.50. The third-order valence-corrected chi connectivity index (χ3v) is 4.76. The zero-order chi connectivity index (χ0) is 18.1. The second-order valence-corrected chi connectivity index (χ2v) is 6.91. The fourth-order valence-corrected chi connectivity index (χ4v) is 3.35. The molecular weight excluding hydrogens is 354 g/mol. The molecule has 0 radical (unpaired) electrons. The normalized spacial score (nSPS) is 23.4. The van der Waals surface area contributed by atoms with Crippen molar-refractivity contribution in [3.05, 3.63) is 57.0 Å². The van der Waals surface area contributed by atoms with E-state index in [-0.39, 0.29) is 11.7 Å². The molecule has 0 spiro atoms. The summed E-state index contributed by atoms with van der Waals surface area (Å²) in [6.45, 7) is 3.16. The van der Waals surface area contributed by atoms with Crippen LogP contribution in [0.2, 0.25) is 5.02 Å². The summed E-state index contributed by atoms with van der Waals surface area (Å²) in [7, 11) is 0. The SMILES string of the molecule is Cc1cc(=O)n2c(n1)NC(=NC[C@@H]1CCCO1)N[C@H]2c1ccc(Cl)cc1. The van der Waals surface area contributed by atoms with Gasteiger partial charge >= 0.3 is 0 Å². The van der Waals surface area contributed by atoms with Gasteiger partial charge in [0.05, 0.1) is 12.6 Å². The number of aliphatic imine (C=N–C) groups is 1. The van der Waals surface area contributed by atoms with Crippen LogP contribution in [-0.2, 0) is 4.74 Å². The first-order chi connectivity index (χ1) is 12.6. The highest BCUT2D eigenvalue weighted by atomic mass is 35.5. The van der Waals surface area contributed by atoms with Crippen LogP contribution in [0.1, 0.15) is 30.3 Å². The molecule has 0 unspecified atom stereocenters. The molecule has 0 bridgehead atoms. The highest BCUT2D eigenvalue weighted by Crippen LogP contribution is 2.23. The highest BCUT2D eigenvalue weighted by molar-refractivity contribution is 6.30. The molecule has 0 amide bonds. The fourth-order valence-electron chi connectivity index (χ4n) is 3.22. The summed E-state index contributed by atoms with van der Waals surface area (Å²) >= 11 is 6.00. The number of aromatic nitrogens is 2. The lowest BCUT2D eigenvalue weighted by atomic mass is 10.1. The van der Waals surface area contributed by atoms with Gasteiger partial charge in [-0.1, -0.05) is 23.7 Å². The minimum Gasteiger partial charge on any atom is -0.376 e. The molecule has 26 heavy (non-hydrogen) atoms. The maximum atomic E-state index is 12.6. The molecule has 1 aromatic heterocycles. The topological polar surface area (TPSA) is 80.5 Å². The van der Waals surface area contributed by atoms with Gasteiger partial charge < -0.3 is 10.1 Å². The molecule has 1 fully saturated rings. The van der Waals surface area contributed by atoms with E-state index < -0.39 is 6.17 Å². The van der Waals surface area contributed by atoms with Crippen molar-refractivity contribution in [3.63, 3.8) is 0 Å². The van der Waals surface area contributed by atoms with E-state index in [1.165, 1.54) is 6.07 Å². The average Bonchev–Trinajstić information content (AvgIpc) is 3.13. The summed E-state index contributed by atoms with van der Waals surface area (Å²) < 4.78 is 7.21. The monoisotopic (exact) mass is 373 g/mol. The molecule has 7 nitrogen and oxygen atoms in total. The Hall–Kier alpha value is -2.38. The number of ether oxygens (including phenoxy) is 1. The van der Waals surface area contributed by atoms with E-state index in [9.17, 15) is 4.79 Å². The van der Waals surface area contributed by atoms with Gasteiger partial charge in [-0.25, -0.2) is 4.98 Å². The second-order valence-electron chi connectivity index (χ2n) is 6.48. The summed E-state index contributed by atoms with van der Waals surface area (Å²) in [4.78, 5) is 21.6. The number of halogens is 1. The minimum atomic E-state index is -0.410. The standard InChI is InChI=1S/C18H20ClN5O2/c1-11-9-15(25)24-16(12-4-6-13(19)7-5-12)22-17(23-18(24)21-11)20-10-14-3-2-8-26-14/h4-7,9,14,16H,2-3,8,10H2,1H3,(H2,20,21,22,23)/t14-,16+/m0/s1. The number of fused-ring (bicyclic) bond motifs is 1. The maximum absolute atomic E-state index is 12.6. The Bertz CT molecular complexity index is 887. The van der Waals surface area contributed by atoms with E-state index in [1.54, 1.807) is 23.6 Å². The van der Waals surface area contributed by atoms with Crippen molar-refractivity contribution in [1.82, 2.24) is 14.9 Å². The number of hydrogen-bond donors (Lipinski definition) is 2. The first-order valence-corrected chi connectivity index (χ1v) is 9.03. The van der Waals surface area contributed by atoms with Crippen LogP contribution in [0, 0.1) is 6.92 Å². The van der Waals surface area contributed by atoms with Crippen LogP contribution in [0.25, 0.3) is 0 Å². The highest BCUT2D eigenvalue weighted by Gasteiger charge is 2.26. The Morgan fingerprint density at radius 2 is 2.19 bits per heavy atom. The van der Waals surface area contributed by atoms with Crippen LogP contribution in [0.4, 0.5) is 5.95 Å². The Kier molecular flexibility index (Phi) is 4.65. The molecule has 2 atom stereocenters. The molecule has 2 N–H and O–H groups in total. The lowest BCUT2D eigenvalue weighted by molar-refractivity contribution is 0.117. The van der Waals surface area contributed by atoms with Crippen LogP contribution >= 0.6 is 11.6 Å². The molecule has 2 aliphatic rings. The molecule has 136 valence electrons. The molecule has 3 heterocycles. The molecule has 4 rings (SSSR count). The number of aryl methyl sites for hydroxylation is 1. The second kappa shape index (κ2) is 7.09. The zero-order valence-corrected chi connectivity index (χ0v) is 15.2. The van der Waals surface area contributed by atoms with Crippen molar-refractivity contribution >= 4 is 23.5 Å². The smallest absolute Gasteiger partial charge is 0.257 e. The minimum absolute atomic E-state index is 0.134. The number of nitrogens with one attached hydrogen (secondary N) is 2. The number of nitrogens with zero attached hydrogens (tertiary/aromatic N) is 3. The van der Waals surface area contributed by atoms with Crippen LogP contribution < -0.4 is 16.2 Å². The number of rotatable bonds is 3. The number of hydrogen-bond acceptors (Lipinski definition) is 4. The maximum Gasteiger partial charge on any atom is 0.257 e. The van der Waals surface area contributed by atoms with Gasteiger partial charge in [0.1, 0.15) is 6.17 Å². The van der Waals surface area contributed by atoms with Gasteiger partial charge in [0.15, 0.2) is 5.96 Å². The van der Waals surface area contributed by atoms with Crippen molar-refractivity contribution in [2.24, 2.45) is 4.99 Å². The number of benzene rings is 1. The summed E-state index contributed by atoms with van der Waals surface area (Å²) in [6, 6.07) is 8.90. The Balaban J connectivity index is 1.70. The van der Waals surface area contributed by atoms with Crippen LogP contribution in [0.5, 0.6) is 0 Å². The molecule has 1 saturated heterocycles. The van der Waals surface area contributed by atoms with Crippen molar-refractivity contribution in [3.8, 4) is 0 Å². The quantitative estimate of drug-likeness (QED) is 0.862. The first kappa shape index (κ1) is 17.1. The Morgan fingerprint density at radius 1 is 1.38 bits per heavy atom. The fraction of sp³-hybridized carbons (Fsp3) is 0.389. The summed E-state index contributed by atoms with van der Waals surface area (Å²) in [5, 5.41) is 7.06. The van der Waals surface area contributed by atoms with Gasteiger partial charge in [-0.15, -0.1) is 0 Å². The summed E-state index contributed by atoms with van der Waals surface area (Å²) in [5.74, 6) is 1.05. The van der Waals surface area contributed by atoms with Crippen LogP contribution in [-0.4, -0.2) is 34.8 Å². The van der Waals surface area contributed by atoms with Gasteiger partial charge in [-0.3, -0.25) is 19.7 Å². The van der Waals surface area contributed by atoms with Gasteiger partial charge in [0.2, 0.25) is 5.95 Å². The lowest BCUT2D eigenvalue weighted by Crippen LogP contribution is -2.48. The Labute approximate surface area is 156 Å². The largest absolute Gasteiger partial charge is 0.376 e. The van der Waals surface area contributed by atoms with E-state index in [4.69, 9.17) is 16.3 Å². The average molecular weight is 374 g/mol. The van der Waals surface area contributed by atoms with E-state index in [1.807, 2.05) is 12.1 Å². The van der Waals surface area contributed by atoms with E-state index >= 15 is 0 Å². The predicted octanol–water partition coefficient (Wildman–Crippen LogP) is 2.30. The van der Waals surface area contributed by atoms with E-state index in [2.05, 4.69) is 20.6 Å². The summed E-state index contributed by atoms with van der Waals surface area (Å²) in [5.41, 5.74) is 1.42. The van der Waals surface area contributed by atoms with E-state index in [0.29, 0.717) is 29.2 Å². The zero-order valence-electron chi connectivity index (χ0n) is 14.4.